The van der Waals surface area contributed by atoms with Gasteiger partial charge in [-0.05, 0) is 68.4 Å². The molecule has 38 heavy (non-hydrogen) atoms. The lowest BCUT2D eigenvalue weighted by Gasteiger charge is -2.59. The van der Waals surface area contributed by atoms with E-state index in [4.69, 9.17) is 9.47 Å². The van der Waals surface area contributed by atoms with E-state index in [0.717, 1.165) is 56.4 Å². The number of hydrogen-bond donors (Lipinski definition) is 1. The molecule has 210 valence electrons. The number of aliphatic hydroxyl groups excluding tert-OH is 1. The first-order valence-corrected chi connectivity index (χ1v) is 15.7. The highest BCUT2D eigenvalue weighted by molar-refractivity contribution is 6.01. The van der Waals surface area contributed by atoms with Crippen molar-refractivity contribution >= 4 is 11.6 Å². The van der Waals surface area contributed by atoms with Gasteiger partial charge < -0.3 is 14.6 Å². The third kappa shape index (κ3) is 3.96. The predicted molar refractivity (Wildman–Crippen MR) is 146 cm³/mol. The van der Waals surface area contributed by atoms with Gasteiger partial charge in [0.1, 0.15) is 0 Å². The van der Waals surface area contributed by atoms with Crippen LogP contribution in [-0.4, -0.2) is 40.8 Å². The molecule has 0 aromatic carbocycles. The van der Waals surface area contributed by atoms with Crippen LogP contribution in [-0.2, 0) is 19.1 Å². The topological polar surface area (TPSA) is 72.8 Å². The van der Waals surface area contributed by atoms with Gasteiger partial charge in [0.25, 0.3) is 0 Å². The van der Waals surface area contributed by atoms with E-state index in [-0.39, 0.29) is 47.1 Å². The number of carbonyl (C=O) groups is 2. The minimum atomic E-state index is -0.953. The van der Waals surface area contributed by atoms with Gasteiger partial charge in [0.05, 0.1) is 12.2 Å². The average Bonchev–Trinajstić information content (AvgIpc) is 3.37. The Bertz CT molecular complexity index is 1010. The van der Waals surface area contributed by atoms with Gasteiger partial charge in [0.15, 0.2) is 23.5 Å². The van der Waals surface area contributed by atoms with Crippen molar-refractivity contribution < 1.29 is 24.2 Å². The first-order valence-electron chi connectivity index (χ1n) is 15.7. The highest BCUT2D eigenvalue weighted by atomic mass is 16.7. The minimum absolute atomic E-state index is 0.0497. The maximum atomic E-state index is 14.3. The SMILES string of the molecule is CCCC1O[C@@H]2C[C@H]3[C@@H]4CCC5=CC(=O)C=C[C@]5(C)[C@H]4[C@@H](O)C[C@]3(C)[C@]2(C(=O)CCCC2CCCCC2)O1. The molecule has 5 nitrogen and oxygen atoms in total. The van der Waals surface area contributed by atoms with Gasteiger partial charge in [-0.1, -0.05) is 77.4 Å². The third-order valence-electron chi connectivity index (χ3n) is 12.0. The third-order valence-corrected chi connectivity index (χ3v) is 12.0. The summed E-state index contributed by atoms with van der Waals surface area (Å²) >= 11 is 0. The van der Waals surface area contributed by atoms with Gasteiger partial charge in [0.2, 0.25) is 0 Å². The number of carbonyl (C=O) groups excluding carboxylic acids is 2. The minimum Gasteiger partial charge on any atom is -0.393 e. The number of ether oxygens (including phenoxy) is 2. The van der Waals surface area contributed by atoms with Gasteiger partial charge in [-0.25, -0.2) is 0 Å². The molecule has 0 aromatic heterocycles. The summed E-state index contributed by atoms with van der Waals surface area (Å²) < 4.78 is 13.4. The van der Waals surface area contributed by atoms with Crippen LogP contribution in [0.1, 0.15) is 111 Å². The van der Waals surface area contributed by atoms with Crippen molar-refractivity contribution in [2.24, 2.45) is 34.5 Å². The first kappa shape index (κ1) is 26.9. The molecule has 6 rings (SSSR count). The summed E-state index contributed by atoms with van der Waals surface area (Å²) in [5.41, 5.74) is -0.547. The zero-order valence-corrected chi connectivity index (χ0v) is 23.8. The van der Waals surface area contributed by atoms with Crippen molar-refractivity contribution in [2.75, 3.05) is 0 Å². The van der Waals surface area contributed by atoms with E-state index >= 15 is 0 Å². The maximum Gasteiger partial charge on any atom is 0.178 e. The Labute approximate surface area is 228 Å². The van der Waals surface area contributed by atoms with Crippen LogP contribution in [0.5, 0.6) is 0 Å². The Kier molecular flexibility index (Phi) is 7.05. The molecular weight excluding hydrogens is 476 g/mol. The molecule has 0 aromatic rings. The van der Waals surface area contributed by atoms with Crippen molar-refractivity contribution in [1.82, 2.24) is 0 Å². The predicted octanol–water partition coefficient (Wildman–Crippen LogP) is 6.48. The van der Waals surface area contributed by atoms with Crippen molar-refractivity contribution in [1.29, 1.82) is 0 Å². The zero-order chi connectivity index (χ0) is 26.7. The smallest absolute Gasteiger partial charge is 0.178 e. The second kappa shape index (κ2) is 9.96. The number of hydrogen-bond acceptors (Lipinski definition) is 5. The fraction of sp³-hybridized carbons (Fsp3) is 0.818. The molecule has 0 bridgehead atoms. The van der Waals surface area contributed by atoms with Crippen molar-refractivity contribution in [3.63, 3.8) is 0 Å². The van der Waals surface area contributed by atoms with Crippen LogP contribution in [0.2, 0.25) is 0 Å². The van der Waals surface area contributed by atoms with E-state index in [1.165, 1.54) is 32.1 Å². The van der Waals surface area contributed by atoms with Gasteiger partial charge in [-0.15, -0.1) is 0 Å². The van der Waals surface area contributed by atoms with Crippen LogP contribution in [0.4, 0.5) is 0 Å². The number of ketones is 2. The Morgan fingerprint density at radius 1 is 1.13 bits per heavy atom. The van der Waals surface area contributed by atoms with Gasteiger partial charge >= 0.3 is 0 Å². The molecule has 6 aliphatic rings. The fourth-order valence-corrected chi connectivity index (χ4v) is 10.2. The van der Waals surface area contributed by atoms with Crippen molar-refractivity contribution in [2.45, 2.75) is 135 Å². The zero-order valence-electron chi connectivity index (χ0n) is 23.8. The van der Waals surface area contributed by atoms with Crippen molar-refractivity contribution in [3.8, 4) is 0 Å². The van der Waals surface area contributed by atoms with E-state index < -0.39 is 17.1 Å². The molecule has 0 amide bonds. The van der Waals surface area contributed by atoms with Gasteiger partial charge in [-0.3, -0.25) is 9.59 Å². The normalized spacial score (nSPS) is 46.2. The second-order valence-corrected chi connectivity index (χ2v) is 14.0. The Balaban J connectivity index is 1.28. The van der Waals surface area contributed by atoms with Crippen LogP contribution < -0.4 is 0 Å². The summed E-state index contributed by atoms with van der Waals surface area (Å²) in [6.07, 6.45) is 18.7. The van der Waals surface area contributed by atoms with Crippen LogP contribution >= 0.6 is 0 Å². The molecular formula is C33H48O5. The number of fused-ring (bicyclic) bond motifs is 7. The lowest BCUT2D eigenvalue weighted by Crippen LogP contribution is -2.63. The molecule has 1 saturated heterocycles. The lowest BCUT2D eigenvalue weighted by molar-refractivity contribution is -0.199. The molecule has 4 saturated carbocycles. The van der Waals surface area contributed by atoms with Crippen LogP contribution in [0.15, 0.2) is 23.8 Å². The molecule has 1 N–H and O–H groups in total. The number of rotatable bonds is 7. The molecule has 5 aliphatic carbocycles. The molecule has 1 aliphatic heterocycles. The van der Waals surface area contributed by atoms with E-state index in [0.29, 0.717) is 12.8 Å². The van der Waals surface area contributed by atoms with E-state index in [9.17, 15) is 14.7 Å². The summed E-state index contributed by atoms with van der Waals surface area (Å²) in [5.74, 6) is 1.63. The molecule has 9 atom stereocenters. The summed E-state index contributed by atoms with van der Waals surface area (Å²) in [6, 6.07) is 0. The maximum absolute atomic E-state index is 14.3. The Morgan fingerprint density at radius 3 is 2.68 bits per heavy atom. The molecule has 5 fully saturated rings. The average molecular weight is 525 g/mol. The second-order valence-electron chi connectivity index (χ2n) is 14.0. The highest BCUT2D eigenvalue weighted by Gasteiger charge is 2.75. The van der Waals surface area contributed by atoms with Crippen molar-refractivity contribution in [3.05, 3.63) is 23.8 Å². The largest absolute Gasteiger partial charge is 0.393 e. The summed E-state index contributed by atoms with van der Waals surface area (Å²) in [5, 5.41) is 11.9. The van der Waals surface area contributed by atoms with E-state index in [1.54, 1.807) is 12.2 Å². The molecule has 0 spiro atoms. The summed E-state index contributed by atoms with van der Waals surface area (Å²) in [7, 11) is 0. The highest BCUT2D eigenvalue weighted by Crippen LogP contribution is 2.70. The number of allylic oxidation sites excluding steroid dienone is 4. The van der Waals surface area contributed by atoms with Crippen LogP contribution in [0, 0.1) is 34.5 Å². The fourth-order valence-electron chi connectivity index (χ4n) is 10.2. The molecule has 0 radical (unpaired) electrons. The molecule has 1 heterocycles. The quantitative estimate of drug-likeness (QED) is 0.413. The first-order chi connectivity index (χ1) is 18.2. The molecule has 1 unspecified atom stereocenters. The standard InChI is InChI=1S/C33H48O5/c1-4-9-29-37-28-19-25-24-15-14-22-18-23(34)16-17-31(22,2)30(24)26(35)20-32(25,3)33(28,38-29)27(36)13-8-12-21-10-6-5-7-11-21/h16-18,21,24-26,28-30,35H,4-15,19-20H2,1-3H3/t24-,25-,26-,28+,29?,30+,31-,32-,33+/m0/s1. The van der Waals surface area contributed by atoms with E-state index in [2.05, 4.69) is 26.8 Å². The Morgan fingerprint density at radius 2 is 1.92 bits per heavy atom. The number of aliphatic hydroxyl groups is 1. The van der Waals surface area contributed by atoms with Gasteiger partial charge in [0, 0.05) is 23.2 Å². The van der Waals surface area contributed by atoms with Gasteiger partial charge in [-0.2, -0.15) is 0 Å². The van der Waals surface area contributed by atoms with E-state index in [1.807, 2.05) is 0 Å². The molecule has 5 heteroatoms. The number of Topliss-reactive ketones (excluding diaryl/α,β-unsaturated/α-hetero) is 1. The summed E-state index contributed by atoms with van der Waals surface area (Å²) in [6.45, 7) is 6.58. The van der Waals surface area contributed by atoms with Crippen LogP contribution in [0.25, 0.3) is 0 Å². The monoisotopic (exact) mass is 524 g/mol. The lowest BCUT2D eigenvalue weighted by atomic mass is 9.46. The Hall–Kier alpha value is -1.30. The van der Waals surface area contributed by atoms with Crippen LogP contribution in [0.3, 0.4) is 0 Å². The summed E-state index contributed by atoms with van der Waals surface area (Å²) in [4.78, 5) is 26.5.